The fraction of sp³-hybridized carbons (Fsp3) is 0.444. The number of nitrogens with one attached hydrogen (secondary N) is 2. The van der Waals surface area contributed by atoms with Gasteiger partial charge in [-0.05, 0) is 18.6 Å². The Balaban J connectivity index is 2.52. The Bertz CT molecular complexity index is 204. The number of aliphatic imine (C=N–C) groups is 1. The van der Waals surface area contributed by atoms with Gasteiger partial charge in [-0.1, -0.05) is 19.4 Å². The number of nitrogens with zero attached hydrogens (tertiary/aromatic N) is 1. The lowest BCUT2D eigenvalue weighted by Crippen LogP contribution is -2.30. The van der Waals surface area contributed by atoms with Crippen LogP contribution in [0.15, 0.2) is 28.9 Å². The maximum atomic E-state index is 4.07. The van der Waals surface area contributed by atoms with Gasteiger partial charge in [-0.25, -0.2) is 5.43 Å². The van der Waals surface area contributed by atoms with E-state index < -0.39 is 0 Å². The zero-order valence-corrected chi connectivity index (χ0v) is 7.38. The second-order valence-corrected chi connectivity index (χ2v) is 2.62. The highest BCUT2D eigenvalue weighted by atomic mass is 15.4. The number of allylic oxidation sites excluding steroid dienone is 4. The van der Waals surface area contributed by atoms with Crippen molar-refractivity contribution >= 4 is 6.21 Å². The molecule has 0 aliphatic carbocycles. The van der Waals surface area contributed by atoms with Gasteiger partial charge >= 0.3 is 0 Å². The summed E-state index contributed by atoms with van der Waals surface area (Å²) in [4.78, 5) is 4.07. The molecule has 0 unspecified atom stereocenters. The van der Waals surface area contributed by atoms with Gasteiger partial charge in [-0.3, -0.25) is 4.99 Å². The van der Waals surface area contributed by atoms with Crippen LogP contribution < -0.4 is 10.9 Å². The van der Waals surface area contributed by atoms with Gasteiger partial charge in [0.15, 0.2) is 0 Å². The summed E-state index contributed by atoms with van der Waals surface area (Å²) >= 11 is 0. The lowest BCUT2D eigenvalue weighted by atomic mass is 10.2. The quantitative estimate of drug-likeness (QED) is 0.648. The van der Waals surface area contributed by atoms with E-state index in [0.717, 1.165) is 12.8 Å². The molecule has 0 radical (unpaired) electrons. The van der Waals surface area contributed by atoms with Crippen LogP contribution in [0.5, 0.6) is 0 Å². The second-order valence-electron chi connectivity index (χ2n) is 2.62. The van der Waals surface area contributed by atoms with Crippen molar-refractivity contribution in [2.45, 2.75) is 19.8 Å². The normalized spacial score (nSPS) is 17.2. The largest absolute Gasteiger partial charge is 0.324 e. The van der Waals surface area contributed by atoms with E-state index in [4.69, 9.17) is 0 Å². The summed E-state index contributed by atoms with van der Waals surface area (Å²) < 4.78 is 0. The van der Waals surface area contributed by atoms with Crippen molar-refractivity contribution in [1.82, 2.24) is 10.9 Å². The summed E-state index contributed by atoms with van der Waals surface area (Å²) in [5, 5.41) is 0. The van der Waals surface area contributed by atoms with Crippen LogP contribution in [-0.4, -0.2) is 12.9 Å². The monoisotopic (exact) mass is 165 g/mol. The third-order valence-corrected chi connectivity index (χ3v) is 1.54. The van der Waals surface area contributed by atoms with Crippen LogP contribution in [0.3, 0.4) is 0 Å². The first-order chi connectivity index (χ1) is 5.93. The standard InChI is InChI=1S/C9H15N3/c1-2-5-9-6-3-4-7-10-8-11-12-9/h3-4,6-7,11-12H,2,5,8H2,1H3. The predicted molar refractivity (Wildman–Crippen MR) is 51.8 cm³/mol. The van der Waals surface area contributed by atoms with Crippen molar-refractivity contribution < 1.29 is 0 Å². The molecule has 1 rings (SSSR count). The van der Waals surface area contributed by atoms with Crippen molar-refractivity contribution in [1.29, 1.82) is 0 Å². The van der Waals surface area contributed by atoms with Gasteiger partial charge in [0.2, 0.25) is 0 Å². The maximum absolute atomic E-state index is 4.07. The molecule has 0 aromatic rings. The van der Waals surface area contributed by atoms with Crippen LogP contribution in [0.1, 0.15) is 19.8 Å². The van der Waals surface area contributed by atoms with Crippen molar-refractivity contribution in [3.63, 3.8) is 0 Å². The minimum Gasteiger partial charge on any atom is -0.324 e. The molecule has 0 aromatic heterocycles. The molecule has 0 bridgehead atoms. The van der Waals surface area contributed by atoms with Gasteiger partial charge in [0.1, 0.15) is 6.67 Å². The summed E-state index contributed by atoms with van der Waals surface area (Å²) in [6.45, 7) is 2.78. The lowest BCUT2D eigenvalue weighted by molar-refractivity contribution is 0.592. The highest BCUT2D eigenvalue weighted by Crippen LogP contribution is 1.99. The summed E-state index contributed by atoms with van der Waals surface area (Å²) in [5.41, 5.74) is 7.32. The fourth-order valence-electron chi connectivity index (χ4n) is 0.991. The average molecular weight is 165 g/mol. The molecule has 3 nitrogen and oxygen atoms in total. The Labute approximate surface area is 73.2 Å². The first-order valence-electron chi connectivity index (χ1n) is 4.28. The average Bonchev–Trinajstić information content (AvgIpc) is 2.19. The third kappa shape index (κ3) is 3.34. The number of rotatable bonds is 2. The Hall–Kier alpha value is -1.09. The topological polar surface area (TPSA) is 36.4 Å². The molecule has 0 fully saturated rings. The van der Waals surface area contributed by atoms with Crippen molar-refractivity contribution in [3.05, 3.63) is 23.9 Å². The summed E-state index contributed by atoms with van der Waals surface area (Å²) in [6, 6.07) is 0. The van der Waals surface area contributed by atoms with E-state index >= 15 is 0 Å². The highest BCUT2D eigenvalue weighted by Gasteiger charge is 1.92. The van der Waals surface area contributed by atoms with E-state index in [0.29, 0.717) is 6.67 Å². The molecule has 1 heterocycles. The molecule has 0 saturated carbocycles. The molecule has 1 aliphatic rings. The van der Waals surface area contributed by atoms with E-state index in [1.165, 1.54) is 5.70 Å². The minimum atomic E-state index is 0.616. The summed E-state index contributed by atoms with van der Waals surface area (Å²) in [6.07, 6.45) is 10.00. The SMILES string of the molecule is CCCC1=CC=CC=NCNN1. The molecule has 1 aliphatic heterocycles. The van der Waals surface area contributed by atoms with Crippen molar-refractivity contribution in [2.24, 2.45) is 4.99 Å². The molecular weight excluding hydrogens is 150 g/mol. The number of hydrogen-bond acceptors (Lipinski definition) is 3. The van der Waals surface area contributed by atoms with Crippen LogP contribution >= 0.6 is 0 Å². The zero-order chi connectivity index (χ0) is 8.65. The van der Waals surface area contributed by atoms with Gasteiger partial charge in [0.25, 0.3) is 0 Å². The molecule has 0 spiro atoms. The van der Waals surface area contributed by atoms with Crippen LogP contribution in [-0.2, 0) is 0 Å². The molecule has 3 heteroatoms. The fourth-order valence-corrected chi connectivity index (χ4v) is 0.991. The number of hydrazine groups is 1. The van der Waals surface area contributed by atoms with Crippen LogP contribution in [0.4, 0.5) is 0 Å². The highest BCUT2D eigenvalue weighted by molar-refractivity contribution is 5.71. The smallest absolute Gasteiger partial charge is 0.105 e. The molecule has 2 N–H and O–H groups in total. The van der Waals surface area contributed by atoms with E-state index in [9.17, 15) is 0 Å². The van der Waals surface area contributed by atoms with Crippen LogP contribution in [0.2, 0.25) is 0 Å². The maximum Gasteiger partial charge on any atom is 0.105 e. The Morgan fingerprint density at radius 2 is 2.42 bits per heavy atom. The first kappa shape index (κ1) is 9.00. The van der Waals surface area contributed by atoms with Gasteiger partial charge in [-0.15, -0.1) is 0 Å². The third-order valence-electron chi connectivity index (χ3n) is 1.54. The van der Waals surface area contributed by atoms with E-state index in [1.54, 1.807) is 6.21 Å². The predicted octanol–water partition coefficient (Wildman–Crippen LogP) is 1.36. The molecule has 66 valence electrons. The van der Waals surface area contributed by atoms with E-state index in [2.05, 4.69) is 28.8 Å². The van der Waals surface area contributed by atoms with Gasteiger partial charge in [0, 0.05) is 11.9 Å². The minimum absolute atomic E-state index is 0.616. The molecule has 12 heavy (non-hydrogen) atoms. The molecule has 0 amide bonds. The zero-order valence-electron chi connectivity index (χ0n) is 7.38. The first-order valence-corrected chi connectivity index (χ1v) is 4.28. The number of hydrogen-bond donors (Lipinski definition) is 2. The van der Waals surface area contributed by atoms with Crippen molar-refractivity contribution in [2.75, 3.05) is 6.67 Å². The second kappa shape index (κ2) is 5.55. The molecule has 0 aromatic carbocycles. The van der Waals surface area contributed by atoms with Gasteiger partial charge < -0.3 is 5.43 Å². The molecular formula is C9H15N3. The Kier molecular flexibility index (Phi) is 4.16. The molecule has 0 saturated heterocycles. The summed E-state index contributed by atoms with van der Waals surface area (Å²) in [7, 11) is 0. The van der Waals surface area contributed by atoms with Crippen LogP contribution in [0, 0.1) is 0 Å². The Morgan fingerprint density at radius 3 is 3.25 bits per heavy atom. The van der Waals surface area contributed by atoms with Crippen LogP contribution in [0.25, 0.3) is 0 Å². The van der Waals surface area contributed by atoms with Crippen molar-refractivity contribution in [3.8, 4) is 0 Å². The lowest BCUT2D eigenvalue weighted by Gasteiger charge is -2.08. The van der Waals surface area contributed by atoms with Gasteiger partial charge in [0.05, 0.1) is 0 Å². The van der Waals surface area contributed by atoms with E-state index in [-0.39, 0.29) is 0 Å². The van der Waals surface area contributed by atoms with E-state index in [1.807, 2.05) is 12.2 Å². The Morgan fingerprint density at radius 1 is 1.50 bits per heavy atom. The molecule has 0 atom stereocenters. The van der Waals surface area contributed by atoms with Gasteiger partial charge in [-0.2, -0.15) is 0 Å². The summed E-state index contributed by atoms with van der Waals surface area (Å²) in [5.74, 6) is 0.